The highest BCUT2D eigenvalue weighted by atomic mass is 15.3. The highest BCUT2D eigenvalue weighted by Crippen LogP contribution is 2.20. The van der Waals surface area contributed by atoms with Gasteiger partial charge in [0.15, 0.2) is 0 Å². The summed E-state index contributed by atoms with van der Waals surface area (Å²) in [7, 11) is 0. The first-order chi connectivity index (χ1) is 8.85. The second kappa shape index (κ2) is 6.71. The monoisotopic (exact) mass is 248 g/mol. The van der Waals surface area contributed by atoms with E-state index in [1.807, 2.05) is 12.4 Å². The quantitative estimate of drug-likeness (QED) is 0.852. The number of rotatable bonds is 5. The van der Waals surface area contributed by atoms with E-state index < -0.39 is 0 Å². The summed E-state index contributed by atoms with van der Waals surface area (Å²) in [5, 5.41) is 3.40. The summed E-state index contributed by atoms with van der Waals surface area (Å²) in [6.07, 6.45) is 3.90. The molecule has 0 spiro atoms. The van der Waals surface area contributed by atoms with Crippen molar-refractivity contribution in [3.05, 3.63) is 24.0 Å². The number of aromatic nitrogens is 1. The second-order valence-corrected chi connectivity index (χ2v) is 4.71. The molecule has 0 unspecified atom stereocenters. The van der Waals surface area contributed by atoms with Crippen LogP contribution in [-0.2, 0) is 6.54 Å². The molecule has 0 aromatic carbocycles. The number of anilines is 1. The van der Waals surface area contributed by atoms with Gasteiger partial charge < -0.3 is 15.1 Å². The number of hydrogen-bond donors (Lipinski definition) is 1. The van der Waals surface area contributed by atoms with Gasteiger partial charge in [0.2, 0.25) is 0 Å². The van der Waals surface area contributed by atoms with E-state index >= 15 is 0 Å². The average Bonchev–Trinajstić information content (AvgIpc) is 2.45. The van der Waals surface area contributed by atoms with Crippen LogP contribution in [0.1, 0.15) is 19.4 Å². The van der Waals surface area contributed by atoms with E-state index in [-0.39, 0.29) is 0 Å². The third kappa shape index (κ3) is 3.21. The first kappa shape index (κ1) is 13.3. The zero-order chi connectivity index (χ0) is 12.8. The minimum atomic E-state index is 0.933. The molecule has 0 saturated carbocycles. The molecule has 1 aromatic heterocycles. The van der Waals surface area contributed by atoms with Crippen molar-refractivity contribution in [2.45, 2.75) is 20.4 Å². The molecule has 0 radical (unpaired) electrons. The van der Waals surface area contributed by atoms with E-state index in [2.05, 4.69) is 40.0 Å². The summed E-state index contributed by atoms with van der Waals surface area (Å²) in [5.74, 6) is 0. The lowest BCUT2D eigenvalue weighted by Gasteiger charge is -2.36. The molecule has 0 atom stereocenters. The molecule has 2 heterocycles. The molecular weight excluding hydrogens is 224 g/mol. The molecule has 0 amide bonds. The van der Waals surface area contributed by atoms with Crippen LogP contribution in [0.2, 0.25) is 0 Å². The molecular formula is C14H24N4. The molecule has 100 valence electrons. The highest BCUT2D eigenvalue weighted by Gasteiger charge is 2.17. The van der Waals surface area contributed by atoms with Gasteiger partial charge in [-0.2, -0.15) is 0 Å². The Labute approximate surface area is 110 Å². The van der Waals surface area contributed by atoms with Gasteiger partial charge in [-0.15, -0.1) is 0 Å². The van der Waals surface area contributed by atoms with Crippen LogP contribution in [0.25, 0.3) is 0 Å². The number of nitrogens with zero attached hydrogens (tertiary/aromatic N) is 3. The number of hydrogen-bond acceptors (Lipinski definition) is 4. The van der Waals surface area contributed by atoms with Gasteiger partial charge >= 0.3 is 0 Å². The van der Waals surface area contributed by atoms with Crippen molar-refractivity contribution in [3.63, 3.8) is 0 Å². The van der Waals surface area contributed by atoms with Gasteiger partial charge in [-0.1, -0.05) is 13.8 Å². The average molecular weight is 248 g/mol. The fourth-order valence-electron chi connectivity index (χ4n) is 2.41. The Bertz CT molecular complexity index is 359. The molecule has 1 fully saturated rings. The Morgan fingerprint density at radius 2 is 2.00 bits per heavy atom. The number of piperazine rings is 1. The maximum Gasteiger partial charge on any atom is 0.0599 e. The van der Waals surface area contributed by atoms with E-state index in [1.54, 1.807) is 0 Å². The van der Waals surface area contributed by atoms with Crippen LogP contribution in [0.4, 0.5) is 5.69 Å². The van der Waals surface area contributed by atoms with E-state index in [9.17, 15) is 0 Å². The van der Waals surface area contributed by atoms with Gasteiger partial charge in [-0.3, -0.25) is 4.98 Å². The van der Waals surface area contributed by atoms with Crippen molar-refractivity contribution < 1.29 is 0 Å². The topological polar surface area (TPSA) is 31.4 Å². The predicted molar refractivity (Wildman–Crippen MR) is 75.9 cm³/mol. The zero-order valence-electron chi connectivity index (χ0n) is 11.5. The first-order valence-electron chi connectivity index (χ1n) is 6.96. The molecule has 4 nitrogen and oxygen atoms in total. The fraction of sp³-hybridized carbons (Fsp3) is 0.643. The summed E-state index contributed by atoms with van der Waals surface area (Å²) in [6.45, 7) is 12.0. The summed E-state index contributed by atoms with van der Waals surface area (Å²) in [4.78, 5) is 9.25. The summed E-state index contributed by atoms with van der Waals surface area (Å²) < 4.78 is 0. The van der Waals surface area contributed by atoms with E-state index in [0.717, 1.165) is 45.8 Å². The Morgan fingerprint density at radius 1 is 1.22 bits per heavy atom. The third-order valence-electron chi connectivity index (χ3n) is 3.61. The Hall–Kier alpha value is -1.13. The second-order valence-electron chi connectivity index (χ2n) is 4.71. The van der Waals surface area contributed by atoms with Crippen molar-refractivity contribution in [2.24, 2.45) is 0 Å². The summed E-state index contributed by atoms with van der Waals surface area (Å²) in [6, 6.07) is 2.13. The van der Waals surface area contributed by atoms with Crippen LogP contribution in [0.5, 0.6) is 0 Å². The largest absolute Gasteiger partial charge is 0.367 e. The van der Waals surface area contributed by atoms with Gasteiger partial charge in [0.1, 0.15) is 0 Å². The van der Waals surface area contributed by atoms with Gasteiger partial charge in [0.05, 0.1) is 11.9 Å². The minimum Gasteiger partial charge on any atom is -0.367 e. The molecule has 0 bridgehead atoms. The summed E-state index contributed by atoms with van der Waals surface area (Å²) in [5.41, 5.74) is 2.66. The van der Waals surface area contributed by atoms with Crippen molar-refractivity contribution in [1.82, 2.24) is 15.2 Å². The van der Waals surface area contributed by atoms with E-state index in [4.69, 9.17) is 0 Å². The maximum absolute atomic E-state index is 4.28. The SMILES string of the molecule is CCNCc1ccncc1N1CCN(CC)CC1. The summed E-state index contributed by atoms with van der Waals surface area (Å²) >= 11 is 0. The first-order valence-corrected chi connectivity index (χ1v) is 6.96. The number of likely N-dealkylation sites (N-methyl/N-ethyl adjacent to an activating group) is 1. The lowest BCUT2D eigenvalue weighted by atomic mass is 10.2. The Balaban J connectivity index is 2.03. The van der Waals surface area contributed by atoms with Crippen molar-refractivity contribution in [3.8, 4) is 0 Å². The molecule has 1 saturated heterocycles. The van der Waals surface area contributed by atoms with Crippen molar-refractivity contribution >= 4 is 5.69 Å². The molecule has 2 rings (SSSR count). The lowest BCUT2D eigenvalue weighted by Crippen LogP contribution is -2.46. The maximum atomic E-state index is 4.28. The molecule has 4 heteroatoms. The van der Waals surface area contributed by atoms with Crippen LogP contribution >= 0.6 is 0 Å². The molecule has 1 aromatic rings. The van der Waals surface area contributed by atoms with Crippen LogP contribution in [-0.4, -0.2) is 49.2 Å². The Kier molecular flexibility index (Phi) is 4.96. The predicted octanol–water partition coefficient (Wildman–Crippen LogP) is 1.33. The van der Waals surface area contributed by atoms with Crippen LogP contribution < -0.4 is 10.2 Å². The number of pyridine rings is 1. The van der Waals surface area contributed by atoms with Crippen LogP contribution in [0.15, 0.2) is 18.5 Å². The van der Waals surface area contributed by atoms with Crippen molar-refractivity contribution in [2.75, 3.05) is 44.2 Å². The van der Waals surface area contributed by atoms with Gasteiger partial charge in [0, 0.05) is 38.9 Å². The third-order valence-corrected chi connectivity index (χ3v) is 3.61. The molecule has 1 aliphatic rings. The van der Waals surface area contributed by atoms with E-state index in [0.29, 0.717) is 0 Å². The van der Waals surface area contributed by atoms with Gasteiger partial charge in [0.25, 0.3) is 0 Å². The molecule has 1 N–H and O–H groups in total. The zero-order valence-corrected chi connectivity index (χ0v) is 11.5. The van der Waals surface area contributed by atoms with Crippen molar-refractivity contribution in [1.29, 1.82) is 0 Å². The lowest BCUT2D eigenvalue weighted by molar-refractivity contribution is 0.271. The number of nitrogens with one attached hydrogen (secondary N) is 1. The van der Waals surface area contributed by atoms with Crippen LogP contribution in [0.3, 0.4) is 0 Å². The fourth-order valence-corrected chi connectivity index (χ4v) is 2.41. The standard InChI is InChI=1S/C14H24N4/c1-3-15-11-13-5-6-16-12-14(13)18-9-7-17(4-2)8-10-18/h5-6,12,15H,3-4,7-11H2,1-2H3. The van der Waals surface area contributed by atoms with E-state index in [1.165, 1.54) is 11.3 Å². The normalized spacial score (nSPS) is 17.1. The molecule has 0 aliphatic carbocycles. The highest BCUT2D eigenvalue weighted by molar-refractivity contribution is 5.52. The Morgan fingerprint density at radius 3 is 2.67 bits per heavy atom. The van der Waals surface area contributed by atoms with Gasteiger partial charge in [-0.25, -0.2) is 0 Å². The smallest absolute Gasteiger partial charge is 0.0599 e. The minimum absolute atomic E-state index is 0.933. The van der Waals surface area contributed by atoms with Crippen LogP contribution in [0, 0.1) is 0 Å². The molecule has 18 heavy (non-hydrogen) atoms. The van der Waals surface area contributed by atoms with Gasteiger partial charge in [-0.05, 0) is 24.7 Å². The molecule has 1 aliphatic heterocycles.